The van der Waals surface area contributed by atoms with Gasteiger partial charge in [0.15, 0.2) is 17.1 Å². The van der Waals surface area contributed by atoms with E-state index in [1.165, 1.54) is 0 Å². The van der Waals surface area contributed by atoms with E-state index in [2.05, 4.69) is 4.98 Å². The Labute approximate surface area is 167 Å². The van der Waals surface area contributed by atoms with E-state index in [1.807, 2.05) is 54.6 Å². The molecule has 0 unspecified atom stereocenters. The Bertz CT molecular complexity index is 1150. The minimum Gasteiger partial charge on any atom is -0.493 e. The summed E-state index contributed by atoms with van der Waals surface area (Å²) in [6.07, 6.45) is 0. The summed E-state index contributed by atoms with van der Waals surface area (Å²) >= 11 is 6.08. The van der Waals surface area contributed by atoms with Crippen molar-refractivity contribution in [3.63, 3.8) is 0 Å². The number of hydrogen-bond acceptors (Lipinski definition) is 5. The van der Waals surface area contributed by atoms with Gasteiger partial charge < -0.3 is 18.6 Å². The Balaban J connectivity index is 1.82. The molecule has 0 aliphatic heterocycles. The van der Waals surface area contributed by atoms with E-state index in [0.717, 1.165) is 22.2 Å². The molecule has 5 nitrogen and oxygen atoms in total. The molecule has 4 rings (SSSR count). The van der Waals surface area contributed by atoms with Gasteiger partial charge in [-0.1, -0.05) is 23.7 Å². The van der Waals surface area contributed by atoms with Gasteiger partial charge in [0, 0.05) is 16.1 Å². The highest BCUT2D eigenvalue weighted by Gasteiger charge is 2.18. The molecule has 0 aliphatic rings. The molecular weight excluding hydrogens is 378 g/mol. The molecule has 3 aromatic carbocycles. The first kappa shape index (κ1) is 18.2. The van der Waals surface area contributed by atoms with Gasteiger partial charge in [0.1, 0.15) is 5.52 Å². The lowest BCUT2D eigenvalue weighted by Gasteiger charge is -2.15. The lowest BCUT2D eigenvalue weighted by Crippen LogP contribution is -1.96. The van der Waals surface area contributed by atoms with Crippen LogP contribution in [0.15, 0.2) is 59.0 Å². The first-order valence-electron chi connectivity index (χ1n) is 8.60. The van der Waals surface area contributed by atoms with E-state index in [0.29, 0.717) is 33.7 Å². The summed E-state index contributed by atoms with van der Waals surface area (Å²) in [5, 5.41) is 0.635. The zero-order valence-corrected chi connectivity index (χ0v) is 16.4. The average Bonchev–Trinajstić information content (AvgIpc) is 3.15. The monoisotopic (exact) mass is 395 g/mol. The maximum absolute atomic E-state index is 6.08. The molecule has 0 spiro atoms. The van der Waals surface area contributed by atoms with Crippen LogP contribution in [0.4, 0.5) is 0 Å². The molecule has 0 bridgehead atoms. The van der Waals surface area contributed by atoms with Crippen LogP contribution in [0.25, 0.3) is 33.7 Å². The molecule has 0 amide bonds. The third kappa shape index (κ3) is 3.14. The molecule has 0 N–H and O–H groups in total. The number of nitrogens with zero attached hydrogens (tertiary/aromatic N) is 1. The second-order valence-electron chi connectivity index (χ2n) is 6.09. The number of fused-ring (bicyclic) bond motifs is 1. The summed E-state index contributed by atoms with van der Waals surface area (Å²) in [5.41, 5.74) is 4.04. The molecular formula is C22H18ClNO4. The minimum atomic E-state index is 0.522. The molecule has 28 heavy (non-hydrogen) atoms. The van der Waals surface area contributed by atoms with E-state index >= 15 is 0 Å². The zero-order chi connectivity index (χ0) is 19.7. The predicted molar refractivity (Wildman–Crippen MR) is 110 cm³/mol. The molecule has 0 aliphatic carbocycles. The van der Waals surface area contributed by atoms with Crippen LogP contribution < -0.4 is 14.2 Å². The standard InChI is InChI=1S/C22H18ClNO4/c1-25-18-10-8-16(20(26-2)21(18)27-3)13-7-9-17-19(12-13)28-22(24-17)14-5-4-6-15(23)11-14/h4-12H,1-3H3. The number of hydrogen-bond donors (Lipinski definition) is 0. The third-order valence-electron chi connectivity index (χ3n) is 4.48. The Kier molecular flexibility index (Phi) is 4.84. The number of rotatable bonds is 5. The molecule has 0 fully saturated rings. The van der Waals surface area contributed by atoms with E-state index in [-0.39, 0.29) is 0 Å². The van der Waals surface area contributed by atoms with Gasteiger partial charge in [0.2, 0.25) is 11.6 Å². The highest BCUT2D eigenvalue weighted by Crippen LogP contribution is 2.44. The molecule has 142 valence electrons. The molecule has 0 radical (unpaired) electrons. The second kappa shape index (κ2) is 7.44. The SMILES string of the molecule is COc1ccc(-c2ccc3nc(-c4cccc(Cl)c4)oc3c2)c(OC)c1OC. The maximum Gasteiger partial charge on any atom is 0.227 e. The third-order valence-corrected chi connectivity index (χ3v) is 4.71. The second-order valence-corrected chi connectivity index (χ2v) is 6.53. The number of methoxy groups -OCH3 is 3. The van der Waals surface area contributed by atoms with Crippen LogP contribution in [0.3, 0.4) is 0 Å². The van der Waals surface area contributed by atoms with Crippen molar-refractivity contribution in [2.45, 2.75) is 0 Å². The van der Waals surface area contributed by atoms with E-state index in [4.69, 9.17) is 30.2 Å². The van der Waals surface area contributed by atoms with Gasteiger partial charge in [0.25, 0.3) is 0 Å². The van der Waals surface area contributed by atoms with Gasteiger partial charge in [-0.3, -0.25) is 0 Å². The van der Waals surface area contributed by atoms with Crippen molar-refractivity contribution in [2.75, 3.05) is 21.3 Å². The van der Waals surface area contributed by atoms with Gasteiger partial charge in [-0.15, -0.1) is 0 Å². The van der Waals surface area contributed by atoms with Gasteiger partial charge >= 0.3 is 0 Å². The fourth-order valence-corrected chi connectivity index (χ4v) is 3.36. The first-order chi connectivity index (χ1) is 13.6. The van der Waals surface area contributed by atoms with Gasteiger partial charge in [-0.05, 0) is 48.0 Å². The lowest BCUT2D eigenvalue weighted by atomic mass is 10.0. The van der Waals surface area contributed by atoms with Crippen molar-refractivity contribution in [2.24, 2.45) is 0 Å². The summed E-state index contributed by atoms with van der Waals surface area (Å²) in [5.74, 6) is 2.26. The van der Waals surface area contributed by atoms with E-state index < -0.39 is 0 Å². The maximum atomic E-state index is 6.08. The Morgan fingerprint density at radius 3 is 2.36 bits per heavy atom. The number of aromatic nitrogens is 1. The lowest BCUT2D eigenvalue weighted by molar-refractivity contribution is 0.325. The van der Waals surface area contributed by atoms with Crippen molar-refractivity contribution in [1.82, 2.24) is 4.98 Å². The van der Waals surface area contributed by atoms with Crippen molar-refractivity contribution in [1.29, 1.82) is 0 Å². The van der Waals surface area contributed by atoms with E-state index in [1.54, 1.807) is 21.3 Å². The number of oxazole rings is 1. The van der Waals surface area contributed by atoms with Crippen LogP contribution in [0.2, 0.25) is 5.02 Å². The molecule has 0 atom stereocenters. The smallest absolute Gasteiger partial charge is 0.227 e. The summed E-state index contributed by atoms with van der Waals surface area (Å²) < 4.78 is 22.4. The highest BCUT2D eigenvalue weighted by atomic mass is 35.5. The Morgan fingerprint density at radius 2 is 1.64 bits per heavy atom. The zero-order valence-electron chi connectivity index (χ0n) is 15.7. The van der Waals surface area contributed by atoms with Crippen LogP contribution in [0, 0.1) is 0 Å². The first-order valence-corrected chi connectivity index (χ1v) is 8.98. The number of halogens is 1. The van der Waals surface area contributed by atoms with Crippen LogP contribution >= 0.6 is 11.6 Å². The topological polar surface area (TPSA) is 53.7 Å². The van der Waals surface area contributed by atoms with Crippen LogP contribution in [0.5, 0.6) is 17.2 Å². The Hall–Kier alpha value is -3.18. The quantitative estimate of drug-likeness (QED) is 0.424. The summed E-state index contributed by atoms with van der Waals surface area (Å²) in [7, 11) is 4.78. The van der Waals surface area contributed by atoms with Gasteiger partial charge in [0.05, 0.1) is 21.3 Å². The van der Waals surface area contributed by atoms with Crippen LogP contribution in [-0.4, -0.2) is 26.3 Å². The molecule has 6 heteroatoms. The Morgan fingerprint density at radius 1 is 0.821 bits per heavy atom. The average molecular weight is 396 g/mol. The molecule has 4 aromatic rings. The van der Waals surface area contributed by atoms with Crippen LogP contribution in [-0.2, 0) is 0 Å². The molecule has 1 aromatic heterocycles. The normalized spacial score (nSPS) is 10.9. The van der Waals surface area contributed by atoms with Crippen molar-refractivity contribution in [3.05, 3.63) is 59.6 Å². The fourth-order valence-electron chi connectivity index (χ4n) is 3.17. The van der Waals surface area contributed by atoms with Gasteiger partial charge in [-0.25, -0.2) is 4.98 Å². The van der Waals surface area contributed by atoms with Crippen molar-refractivity contribution in [3.8, 4) is 39.8 Å². The summed E-state index contributed by atoms with van der Waals surface area (Å²) in [6.45, 7) is 0. The number of benzene rings is 3. The molecule has 0 saturated heterocycles. The minimum absolute atomic E-state index is 0.522. The largest absolute Gasteiger partial charge is 0.493 e. The molecule has 0 saturated carbocycles. The highest BCUT2D eigenvalue weighted by molar-refractivity contribution is 6.30. The van der Waals surface area contributed by atoms with Crippen LogP contribution in [0.1, 0.15) is 0 Å². The van der Waals surface area contributed by atoms with Crippen molar-refractivity contribution >= 4 is 22.7 Å². The summed E-state index contributed by atoms with van der Waals surface area (Å²) in [4.78, 5) is 4.56. The van der Waals surface area contributed by atoms with Gasteiger partial charge in [-0.2, -0.15) is 0 Å². The predicted octanol–water partition coefficient (Wildman–Crippen LogP) is 5.84. The molecule has 1 heterocycles. The summed E-state index contributed by atoms with van der Waals surface area (Å²) in [6, 6.07) is 17.0. The number of ether oxygens (including phenoxy) is 3. The van der Waals surface area contributed by atoms with E-state index in [9.17, 15) is 0 Å². The fraction of sp³-hybridized carbons (Fsp3) is 0.136. The van der Waals surface area contributed by atoms with Crippen molar-refractivity contribution < 1.29 is 18.6 Å².